The van der Waals surface area contributed by atoms with Crippen LogP contribution in [0.5, 0.6) is 5.75 Å². The molecule has 0 aliphatic carbocycles. The summed E-state index contributed by atoms with van der Waals surface area (Å²) in [6, 6.07) is 21.6. The molecule has 0 saturated carbocycles. The number of rotatable bonds is 8. The van der Waals surface area contributed by atoms with Gasteiger partial charge in [-0.05, 0) is 54.6 Å². The van der Waals surface area contributed by atoms with Crippen LogP contribution in [-0.4, -0.2) is 33.3 Å². The van der Waals surface area contributed by atoms with E-state index in [-0.39, 0.29) is 39.0 Å². The van der Waals surface area contributed by atoms with Gasteiger partial charge in [0.1, 0.15) is 11.4 Å². The number of nitrogens with zero attached hydrogens (tertiary/aromatic N) is 4. The molecular formula is C31H18BrClFN5O6. The molecule has 6 aromatic rings. The molecule has 0 bridgehead atoms. The number of anilines is 1. The fourth-order valence-electron chi connectivity index (χ4n) is 4.51. The summed E-state index contributed by atoms with van der Waals surface area (Å²) in [6.45, 7) is -0.713. The molecule has 1 N–H and O–H groups in total. The molecule has 0 aliphatic rings. The number of hydrogen-bond acceptors (Lipinski definition) is 8. The summed E-state index contributed by atoms with van der Waals surface area (Å²) in [5.74, 6) is -1.50. The Hall–Kier alpha value is -5.40. The Morgan fingerprint density at radius 1 is 1.13 bits per heavy atom. The minimum atomic E-state index is -0.777. The van der Waals surface area contributed by atoms with E-state index in [4.69, 9.17) is 20.8 Å². The zero-order valence-electron chi connectivity index (χ0n) is 22.7. The summed E-state index contributed by atoms with van der Waals surface area (Å²) >= 11 is 9.62. The highest BCUT2D eigenvalue weighted by Gasteiger charge is 2.23. The normalized spacial score (nSPS) is 11.4. The van der Waals surface area contributed by atoms with Crippen LogP contribution >= 0.6 is 27.5 Å². The highest BCUT2D eigenvalue weighted by Crippen LogP contribution is 2.34. The summed E-state index contributed by atoms with van der Waals surface area (Å²) < 4.78 is 27.4. The van der Waals surface area contributed by atoms with E-state index in [2.05, 4.69) is 31.3 Å². The predicted octanol–water partition coefficient (Wildman–Crippen LogP) is 7.17. The molecule has 45 heavy (non-hydrogen) atoms. The summed E-state index contributed by atoms with van der Waals surface area (Å²) in [6.07, 6.45) is 1.13. The molecular weight excluding hydrogens is 673 g/mol. The van der Waals surface area contributed by atoms with Crippen molar-refractivity contribution >= 4 is 72.9 Å². The SMILES string of the molecule is O=C(COc1c(C=Nn2c(-c3cc4cc(Br)ccc4o3)nc3ccccc3c2=O)cc(Cl)cc1[N+](=O)[O-])Nc1ccccc1F. The number of benzene rings is 4. The second-order valence-electron chi connectivity index (χ2n) is 9.52. The Balaban J connectivity index is 1.42. The molecule has 6 rings (SSSR count). The van der Waals surface area contributed by atoms with E-state index in [1.54, 1.807) is 42.5 Å². The van der Waals surface area contributed by atoms with E-state index in [1.807, 2.05) is 6.07 Å². The lowest BCUT2D eigenvalue weighted by Gasteiger charge is -2.11. The van der Waals surface area contributed by atoms with Crippen molar-refractivity contribution in [2.24, 2.45) is 5.10 Å². The Labute approximate surface area is 265 Å². The molecule has 2 aromatic heterocycles. The monoisotopic (exact) mass is 689 g/mol. The van der Waals surface area contributed by atoms with E-state index in [9.17, 15) is 24.1 Å². The predicted molar refractivity (Wildman–Crippen MR) is 171 cm³/mol. The summed E-state index contributed by atoms with van der Waals surface area (Å²) in [5, 5.41) is 19.6. The average Bonchev–Trinajstić information content (AvgIpc) is 3.44. The van der Waals surface area contributed by atoms with Crippen molar-refractivity contribution in [3.05, 3.63) is 126 Å². The maximum atomic E-state index is 14.0. The number of para-hydroxylation sites is 2. The molecule has 2 heterocycles. The third-order valence-corrected chi connectivity index (χ3v) is 7.23. The van der Waals surface area contributed by atoms with Crippen LogP contribution in [0.2, 0.25) is 5.02 Å². The number of fused-ring (bicyclic) bond motifs is 2. The zero-order chi connectivity index (χ0) is 31.7. The van der Waals surface area contributed by atoms with Gasteiger partial charge in [0.05, 0.1) is 27.7 Å². The molecule has 0 radical (unpaired) electrons. The van der Waals surface area contributed by atoms with Crippen LogP contribution in [0, 0.1) is 15.9 Å². The topological polar surface area (TPSA) is 142 Å². The number of nitro benzene ring substituents is 1. The first kappa shape index (κ1) is 29.7. The van der Waals surface area contributed by atoms with Crippen molar-refractivity contribution in [1.82, 2.24) is 9.66 Å². The van der Waals surface area contributed by atoms with Crippen LogP contribution in [0.15, 0.2) is 104 Å². The van der Waals surface area contributed by atoms with Gasteiger partial charge in [0.15, 0.2) is 12.4 Å². The van der Waals surface area contributed by atoms with Gasteiger partial charge in [-0.15, -0.1) is 0 Å². The first-order valence-corrected chi connectivity index (χ1v) is 14.3. The van der Waals surface area contributed by atoms with Crippen LogP contribution in [0.1, 0.15) is 5.56 Å². The van der Waals surface area contributed by atoms with Crippen LogP contribution in [0.25, 0.3) is 33.5 Å². The van der Waals surface area contributed by atoms with Crippen LogP contribution in [0.4, 0.5) is 15.8 Å². The van der Waals surface area contributed by atoms with E-state index in [0.29, 0.717) is 11.1 Å². The number of nitro groups is 1. The van der Waals surface area contributed by atoms with Crippen molar-refractivity contribution in [2.45, 2.75) is 0 Å². The fourth-order valence-corrected chi connectivity index (χ4v) is 5.11. The van der Waals surface area contributed by atoms with E-state index < -0.39 is 34.5 Å². The lowest BCUT2D eigenvalue weighted by Crippen LogP contribution is -2.22. The average molecular weight is 691 g/mol. The van der Waals surface area contributed by atoms with Crippen molar-refractivity contribution < 1.29 is 23.3 Å². The van der Waals surface area contributed by atoms with Gasteiger partial charge in [0.25, 0.3) is 11.5 Å². The van der Waals surface area contributed by atoms with Gasteiger partial charge >= 0.3 is 5.69 Å². The number of carbonyl (C=O) groups is 1. The van der Waals surface area contributed by atoms with Crippen LogP contribution < -0.4 is 15.6 Å². The van der Waals surface area contributed by atoms with Crippen LogP contribution in [0.3, 0.4) is 0 Å². The van der Waals surface area contributed by atoms with Gasteiger partial charge in [0.2, 0.25) is 11.6 Å². The molecule has 11 nitrogen and oxygen atoms in total. The summed E-state index contributed by atoms with van der Waals surface area (Å²) in [4.78, 5) is 42.0. The number of hydrogen-bond donors (Lipinski definition) is 1. The standard InChI is InChI=1S/C31H18BrClFN5O6/c32-19-9-10-26-17(11-19)13-27(45-26)30-37-23-7-3-1-5-21(23)31(41)38(30)35-15-18-12-20(33)14-25(39(42)43)29(18)44-16-28(40)36-24-8-4-2-6-22(24)34/h1-15H,16H2,(H,36,40). The van der Waals surface area contributed by atoms with Gasteiger partial charge in [0, 0.05) is 26.5 Å². The maximum absolute atomic E-state index is 14.0. The molecule has 0 fully saturated rings. The maximum Gasteiger partial charge on any atom is 0.313 e. The van der Waals surface area contributed by atoms with E-state index >= 15 is 0 Å². The van der Waals surface area contributed by atoms with Gasteiger partial charge < -0.3 is 14.5 Å². The second-order valence-corrected chi connectivity index (χ2v) is 10.9. The highest BCUT2D eigenvalue weighted by molar-refractivity contribution is 9.10. The molecule has 14 heteroatoms. The number of amides is 1. The lowest BCUT2D eigenvalue weighted by atomic mass is 10.2. The number of carbonyl (C=O) groups excluding carboxylic acids is 1. The highest BCUT2D eigenvalue weighted by atomic mass is 79.9. The Bertz CT molecular complexity index is 2230. The third-order valence-electron chi connectivity index (χ3n) is 6.52. The molecule has 0 atom stereocenters. The fraction of sp³-hybridized carbons (Fsp3) is 0.0323. The first-order chi connectivity index (χ1) is 21.7. The van der Waals surface area contributed by atoms with Crippen LogP contribution in [-0.2, 0) is 4.79 Å². The largest absolute Gasteiger partial charge is 0.476 e. The van der Waals surface area contributed by atoms with E-state index in [0.717, 1.165) is 32.9 Å². The smallest absolute Gasteiger partial charge is 0.313 e. The Morgan fingerprint density at radius 2 is 1.91 bits per heavy atom. The van der Waals surface area contributed by atoms with Gasteiger partial charge in [-0.1, -0.05) is 51.8 Å². The summed E-state index contributed by atoms with van der Waals surface area (Å²) in [5.41, 5.74) is -0.277. The zero-order valence-corrected chi connectivity index (χ0v) is 25.1. The minimum Gasteiger partial charge on any atom is -0.476 e. The quantitative estimate of drug-likeness (QED) is 0.101. The minimum absolute atomic E-state index is 0.0209. The number of aromatic nitrogens is 2. The lowest BCUT2D eigenvalue weighted by molar-refractivity contribution is -0.385. The van der Waals surface area contributed by atoms with Crippen molar-refractivity contribution in [3.8, 4) is 17.3 Å². The molecule has 1 amide bonds. The van der Waals surface area contributed by atoms with Crippen molar-refractivity contribution in [2.75, 3.05) is 11.9 Å². The molecule has 0 aliphatic heterocycles. The molecule has 224 valence electrons. The Kier molecular flexibility index (Phi) is 8.11. The van der Waals surface area contributed by atoms with Crippen molar-refractivity contribution in [3.63, 3.8) is 0 Å². The molecule has 0 saturated heterocycles. The third kappa shape index (κ3) is 6.16. The second kappa shape index (κ2) is 12.3. The summed E-state index contributed by atoms with van der Waals surface area (Å²) in [7, 11) is 0. The first-order valence-electron chi connectivity index (χ1n) is 13.1. The van der Waals surface area contributed by atoms with Gasteiger partial charge in [-0.3, -0.25) is 19.7 Å². The molecule has 0 spiro atoms. The molecule has 4 aromatic carbocycles. The number of furan rings is 1. The number of halogens is 3. The van der Waals surface area contributed by atoms with Crippen molar-refractivity contribution in [1.29, 1.82) is 0 Å². The van der Waals surface area contributed by atoms with Gasteiger partial charge in [-0.25, -0.2) is 9.37 Å². The molecule has 0 unspecified atom stereocenters. The number of nitrogens with one attached hydrogen (secondary N) is 1. The Morgan fingerprint density at radius 3 is 2.71 bits per heavy atom. The van der Waals surface area contributed by atoms with Gasteiger partial charge in [-0.2, -0.15) is 9.78 Å². The van der Waals surface area contributed by atoms with E-state index in [1.165, 1.54) is 24.3 Å². The number of ether oxygens (including phenoxy) is 1.